The summed E-state index contributed by atoms with van der Waals surface area (Å²) in [6, 6.07) is 19.7. The zero-order valence-corrected chi connectivity index (χ0v) is 22.1. The first-order valence-electron chi connectivity index (χ1n) is 12.0. The first kappa shape index (κ1) is 25.8. The minimum absolute atomic E-state index is 0.171. The van der Waals surface area contributed by atoms with Crippen LogP contribution in [0.25, 0.3) is 10.9 Å². The standard InChI is InChI=1S/C28H25Cl2N3O5/c1-18-14-25(23-15-26-27(37-17-36-26)16-24(23)31-18)38-22-8-6-21(7-9-22)33(28(34)35)20-4-2-19(3-5-20)32(12-10-29)13-11-30/h2-9,14-16H,10-13,17H2,1H3,(H,34,35). The summed E-state index contributed by atoms with van der Waals surface area (Å²) in [6.45, 7) is 3.35. The summed E-state index contributed by atoms with van der Waals surface area (Å²) in [4.78, 5) is 20.0. The highest BCUT2D eigenvalue weighted by molar-refractivity contribution is 6.18. The predicted molar refractivity (Wildman–Crippen MR) is 149 cm³/mol. The van der Waals surface area contributed by atoms with E-state index in [4.69, 9.17) is 37.4 Å². The van der Waals surface area contributed by atoms with Crippen LogP contribution in [0.5, 0.6) is 23.0 Å². The van der Waals surface area contributed by atoms with Gasteiger partial charge < -0.3 is 24.2 Å². The Hall–Kier alpha value is -3.88. The molecule has 4 aromatic rings. The average Bonchev–Trinajstić information content (AvgIpc) is 3.36. The Morgan fingerprint density at radius 2 is 1.50 bits per heavy atom. The number of fused-ring (bicyclic) bond motifs is 2. The molecule has 10 heteroatoms. The molecular weight excluding hydrogens is 529 g/mol. The van der Waals surface area contributed by atoms with Gasteiger partial charge in [0.1, 0.15) is 11.5 Å². The van der Waals surface area contributed by atoms with E-state index in [1.165, 1.54) is 4.90 Å². The molecule has 5 rings (SSSR count). The minimum Gasteiger partial charge on any atom is -0.464 e. The molecule has 0 saturated heterocycles. The molecule has 196 valence electrons. The van der Waals surface area contributed by atoms with E-state index in [1.807, 2.05) is 37.3 Å². The van der Waals surface area contributed by atoms with Crippen molar-refractivity contribution in [2.75, 3.05) is 41.4 Å². The molecule has 0 saturated carbocycles. The van der Waals surface area contributed by atoms with E-state index >= 15 is 0 Å². The third-order valence-corrected chi connectivity index (χ3v) is 6.43. The molecule has 1 N–H and O–H groups in total. The van der Waals surface area contributed by atoms with Crippen molar-refractivity contribution in [2.45, 2.75) is 6.92 Å². The Kier molecular flexibility index (Phi) is 7.62. The number of benzene rings is 3. The van der Waals surface area contributed by atoms with Crippen molar-refractivity contribution < 1.29 is 24.1 Å². The molecule has 0 fully saturated rings. The molecular formula is C28H25Cl2N3O5. The summed E-state index contributed by atoms with van der Waals surface area (Å²) in [6.07, 6.45) is -1.10. The number of amides is 1. The summed E-state index contributed by atoms with van der Waals surface area (Å²) in [5, 5.41) is 10.8. The second-order valence-electron chi connectivity index (χ2n) is 8.58. The van der Waals surface area contributed by atoms with Crippen LogP contribution in [-0.2, 0) is 0 Å². The van der Waals surface area contributed by atoms with Gasteiger partial charge in [-0.1, -0.05) is 0 Å². The number of carbonyl (C=O) groups is 1. The number of hydrogen-bond acceptors (Lipinski definition) is 6. The van der Waals surface area contributed by atoms with Gasteiger partial charge in [-0.25, -0.2) is 9.69 Å². The van der Waals surface area contributed by atoms with Gasteiger partial charge in [-0.3, -0.25) is 4.98 Å². The maximum absolute atomic E-state index is 12.2. The third kappa shape index (κ3) is 5.37. The largest absolute Gasteiger partial charge is 0.464 e. The van der Waals surface area contributed by atoms with Crippen LogP contribution >= 0.6 is 23.2 Å². The first-order chi connectivity index (χ1) is 18.5. The lowest BCUT2D eigenvalue weighted by molar-refractivity contribution is 0.174. The van der Waals surface area contributed by atoms with Gasteiger partial charge in [0.05, 0.1) is 16.9 Å². The highest BCUT2D eigenvalue weighted by Crippen LogP contribution is 2.40. The number of hydrogen-bond donors (Lipinski definition) is 1. The first-order valence-corrected chi connectivity index (χ1v) is 13.0. The molecule has 2 heterocycles. The molecule has 1 aliphatic rings. The SMILES string of the molecule is Cc1cc(Oc2ccc(N(C(=O)O)c3ccc(N(CCCl)CCCl)cc3)cc2)c2cc3c(cc2n1)OCO3. The Bertz CT molecular complexity index is 1440. The number of alkyl halides is 2. The predicted octanol–water partition coefficient (Wildman–Crippen LogP) is 7.16. The molecule has 0 spiro atoms. The number of anilines is 3. The Balaban J connectivity index is 1.39. The Morgan fingerprint density at radius 1 is 0.921 bits per heavy atom. The number of rotatable bonds is 9. The van der Waals surface area contributed by atoms with E-state index in [-0.39, 0.29) is 6.79 Å². The molecule has 0 atom stereocenters. The number of aromatic nitrogens is 1. The lowest BCUT2D eigenvalue weighted by Gasteiger charge is -2.24. The van der Waals surface area contributed by atoms with Crippen LogP contribution in [0.2, 0.25) is 0 Å². The van der Waals surface area contributed by atoms with Gasteiger partial charge in [-0.15, -0.1) is 23.2 Å². The number of aryl methyl sites for hydroxylation is 1. The molecule has 8 nitrogen and oxygen atoms in total. The number of carboxylic acid groups (broad SMARTS) is 1. The van der Waals surface area contributed by atoms with Crippen LogP contribution in [0.15, 0.2) is 66.7 Å². The number of nitrogens with zero attached hydrogens (tertiary/aromatic N) is 3. The molecule has 1 amide bonds. The number of halogens is 2. The van der Waals surface area contributed by atoms with Crippen molar-refractivity contribution in [3.05, 3.63) is 72.4 Å². The normalized spacial score (nSPS) is 12.0. The minimum atomic E-state index is -1.10. The maximum atomic E-state index is 12.2. The van der Waals surface area contributed by atoms with Gasteiger partial charge in [0.2, 0.25) is 6.79 Å². The lowest BCUT2D eigenvalue weighted by Crippen LogP contribution is -2.28. The second-order valence-corrected chi connectivity index (χ2v) is 9.34. The van der Waals surface area contributed by atoms with Crippen molar-refractivity contribution in [2.24, 2.45) is 0 Å². The van der Waals surface area contributed by atoms with Crippen LogP contribution in [-0.4, -0.2) is 47.8 Å². The maximum Gasteiger partial charge on any atom is 0.416 e. The highest BCUT2D eigenvalue weighted by Gasteiger charge is 2.19. The van der Waals surface area contributed by atoms with Crippen LogP contribution in [0.3, 0.4) is 0 Å². The molecule has 0 unspecified atom stereocenters. The van der Waals surface area contributed by atoms with Gasteiger partial charge in [-0.05, 0) is 61.5 Å². The van der Waals surface area contributed by atoms with Gasteiger partial charge in [0, 0.05) is 53.7 Å². The van der Waals surface area contributed by atoms with E-state index in [2.05, 4.69) is 9.88 Å². The average molecular weight is 554 g/mol. The van der Waals surface area contributed by atoms with Gasteiger partial charge in [0.25, 0.3) is 0 Å². The zero-order valence-electron chi connectivity index (χ0n) is 20.6. The summed E-state index contributed by atoms with van der Waals surface area (Å²) in [5.41, 5.74) is 3.44. The van der Waals surface area contributed by atoms with E-state index in [1.54, 1.807) is 36.4 Å². The third-order valence-electron chi connectivity index (χ3n) is 6.09. The summed E-state index contributed by atoms with van der Waals surface area (Å²) in [5.74, 6) is 3.39. The number of pyridine rings is 1. The highest BCUT2D eigenvalue weighted by atomic mass is 35.5. The zero-order chi connectivity index (χ0) is 26.6. The van der Waals surface area contributed by atoms with Gasteiger partial charge in [-0.2, -0.15) is 0 Å². The Labute approximate surface area is 229 Å². The van der Waals surface area contributed by atoms with Crippen molar-refractivity contribution in [3.8, 4) is 23.0 Å². The van der Waals surface area contributed by atoms with Gasteiger partial charge in [0.15, 0.2) is 11.5 Å². The summed E-state index contributed by atoms with van der Waals surface area (Å²) in [7, 11) is 0. The van der Waals surface area contributed by atoms with E-state index in [9.17, 15) is 9.90 Å². The van der Waals surface area contributed by atoms with Crippen molar-refractivity contribution in [3.63, 3.8) is 0 Å². The fourth-order valence-corrected chi connectivity index (χ4v) is 4.75. The van der Waals surface area contributed by atoms with Gasteiger partial charge >= 0.3 is 6.09 Å². The van der Waals surface area contributed by atoms with E-state index < -0.39 is 6.09 Å². The fraction of sp³-hybridized carbons (Fsp3) is 0.214. The molecule has 0 aliphatic carbocycles. The van der Waals surface area contributed by atoms with E-state index in [0.29, 0.717) is 59.2 Å². The second kappa shape index (κ2) is 11.2. The Morgan fingerprint density at radius 3 is 2.11 bits per heavy atom. The summed E-state index contributed by atoms with van der Waals surface area (Å²) >= 11 is 11.8. The topological polar surface area (TPSA) is 84.4 Å². The molecule has 38 heavy (non-hydrogen) atoms. The summed E-state index contributed by atoms with van der Waals surface area (Å²) < 4.78 is 17.2. The van der Waals surface area contributed by atoms with Crippen LogP contribution in [0.1, 0.15) is 5.69 Å². The molecule has 3 aromatic carbocycles. The molecule has 0 radical (unpaired) electrons. The van der Waals surface area contributed by atoms with Crippen molar-refractivity contribution >= 4 is 57.3 Å². The van der Waals surface area contributed by atoms with Crippen LogP contribution < -0.4 is 24.0 Å². The monoisotopic (exact) mass is 553 g/mol. The van der Waals surface area contributed by atoms with E-state index in [0.717, 1.165) is 22.3 Å². The smallest absolute Gasteiger partial charge is 0.416 e. The van der Waals surface area contributed by atoms with Crippen molar-refractivity contribution in [1.29, 1.82) is 0 Å². The van der Waals surface area contributed by atoms with Crippen LogP contribution in [0.4, 0.5) is 21.9 Å². The fourth-order valence-electron chi connectivity index (χ4n) is 4.34. The quantitative estimate of drug-likeness (QED) is 0.220. The molecule has 1 aromatic heterocycles. The lowest BCUT2D eigenvalue weighted by atomic mass is 10.1. The number of ether oxygens (including phenoxy) is 3. The van der Waals surface area contributed by atoms with Crippen LogP contribution in [0, 0.1) is 6.92 Å². The molecule has 1 aliphatic heterocycles. The molecule has 0 bridgehead atoms. The van der Waals surface area contributed by atoms with Crippen molar-refractivity contribution in [1.82, 2.24) is 4.98 Å².